The Bertz CT molecular complexity index is 419. The Kier molecular flexibility index (Phi) is 5.45. The molecule has 14 heteroatoms. The summed E-state index contributed by atoms with van der Waals surface area (Å²) in [5, 5.41) is 0. The molecule has 0 N–H and O–H groups in total. The van der Waals surface area contributed by atoms with E-state index in [2.05, 4.69) is 9.47 Å². The molecule has 0 atom stereocenters. The van der Waals surface area contributed by atoms with Gasteiger partial charge in [0.2, 0.25) is 0 Å². The van der Waals surface area contributed by atoms with Gasteiger partial charge in [0.25, 0.3) is 0 Å². The minimum absolute atomic E-state index is 0.561. The molecule has 0 spiro atoms. The maximum absolute atomic E-state index is 12.1. The Balaban J connectivity index is 4.75. The minimum Gasteiger partial charge on any atom is -0.391 e. The van der Waals surface area contributed by atoms with Crippen LogP contribution in [0.4, 0.5) is 43.9 Å². The number of hydrogen-bond donors (Lipinski definition) is 0. The molecule has 0 radical (unpaired) electrons. The fourth-order valence-corrected chi connectivity index (χ4v) is 0.573. The molecule has 0 aliphatic carbocycles. The van der Waals surface area contributed by atoms with Gasteiger partial charge in [-0.15, -0.1) is 0 Å². The zero-order chi connectivity index (χ0) is 18.0. The smallest absolute Gasteiger partial charge is 0.391 e. The molecule has 0 saturated heterocycles. The first kappa shape index (κ1) is 20.0. The molecule has 0 bridgehead atoms. The summed E-state index contributed by atoms with van der Waals surface area (Å²) < 4.78 is 123. The number of carbonyl (C=O) groups excluding carboxylic acids is 2. The predicted molar refractivity (Wildman–Crippen MR) is 43.3 cm³/mol. The van der Waals surface area contributed by atoms with E-state index < -0.39 is 48.7 Å². The summed E-state index contributed by atoms with van der Waals surface area (Å²) in [7, 11) is 0. The first-order chi connectivity index (χ1) is 9.49. The summed E-state index contributed by atoms with van der Waals surface area (Å²) in [6.07, 6.45) is -25.7. The summed E-state index contributed by atoms with van der Waals surface area (Å²) in [6.45, 7) is 0. The van der Waals surface area contributed by atoms with Crippen LogP contribution in [0, 0.1) is 0 Å². The normalized spacial score (nSPS) is 14.1. The van der Waals surface area contributed by atoms with E-state index in [1.807, 2.05) is 0 Å². The molecule has 0 unspecified atom stereocenters. The summed E-state index contributed by atoms with van der Waals surface area (Å²) in [6, 6.07) is 0. The van der Waals surface area contributed by atoms with Crippen LogP contribution >= 0.6 is 0 Å². The van der Waals surface area contributed by atoms with Crippen molar-refractivity contribution in [1.29, 1.82) is 0 Å². The molecule has 0 aromatic heterocycles. The fraction of sp³-hybridized carbons (Fsp3) is 0.500. The lowest BCUT2D eigenvalue weighted by Crippen LogP contribution is -2.41. The third kappa shape index (κ3) is 5.40. The molecule has 4 nitrogen and oxygen atoms in total. The highest BCUT2D eigenvalue weighted by Crippen LogP contribution is 2.37. The second-order valence-electron chi connectivity index (χ2n) is 3.20. The first-order valence-electron chi connectivity index (χ1n) is 4.53. The quantitative estimate of drug-likeness (QED) is 0.444. The molecule has 22 heavy (non-hydrogen) atoms. The molecule has 128 valence electrons. The van der Waals surface area contributed by atoms with Crippen LogP contribution in [0.1, 0.15) is 0 Å². The van der Waals surface area contributed by atoms with Gasteiger partial charge in [-0.3, -0.25) is 0 Å². The summed E-state index contributed by atoms with van der Waals surface area (Å²) in [5.41, 5.74) is 0. The van der Waals surface area contributed by atoms with E-state index in [9.17, 15) is 53.5 Å². The van der Waals surface area contributed by atoms with Crippen molar-refractivity contribution in [3.05, 3.63) is 12.2 Å². The van der Waals surface area contributed by atoms with Gasteiger partial charge in [-0.05, 0) is 0 Å². The average Bonchev–Trinajstić information content (AvgIpc) is 2.21. The second-order valence-corrected chi connectivity index (χ2v) is 3.20. The number of rotatable bonds is 4. The third-order valence-corrected chi connectivity index (χ3v) is 1.47. The van der Waals surface area contributed by atoms with Gasteiger partial charge in [-0.2, -0.15) is 43.9 Å². The van der Waals surface area contributed by atoms with E-state index in [1.54, 1.807) is 0 Å². The number of esters is 2. The van der Waals surface area contributed by atoms with Gasteiger partial charge < -0.3 is 9.47 Å². The number of carbonyl (C=O) groups is 2. The van der Waals surface area contributed by atoms with Gasteiger partial charge in [-0.1, -0.05) is 0 Å². The molecule has 0 amide bonds. The topological polar surface area (TPSA) is 52.6 Å². The summed E-state index contributed by atoms with van der Waals surface area (Å²) in [4.78, 5) is 20.9. The summed E-state index contributed by atoms with van der Waals surface area (Å²) >= 11 is 0. The highest BCUT2D eigenvalue weighted by molar-refractivity contribution is 5.91. The van der Waals surface area contributed by atoms with Crippen LogP contribution in [0.3, 0.4) is 0 Å². The monoisotopic (exact) mass is 352 g/mol. The Morgan fingerprint density at radius 1 is 0.591 bits per heavy atom. The SMILES string of the molecule is O=C(C=CC(=O)OC(F)(F)C(F)(F)F)OC(F)(F)C(F)(F)F. The molecule has 0 aromatic carbocycles. The molecule has 0 aromatic rings. The van der Waals surface area contributed by atoms with Gasteiger partial charge in [0.1, 0.15) is 0 Å². The van der Waals surface area contributed by atoms with Crippen molar-refractivity contribution >= 4 is 11.9 Å². The minimum atomic E-state index is -6.31. The fourth-order valence-electron chi connectivity index (χ4n) is 0.573. The van der Waals surface area contributed by atoms with Gasteiger partial charge >= 0.3 is 36.5 Å². The number of alkyl halides is 10. The highest BCUT2D eigenvalue weighted by Gasteiger charge is 2.62. The molecule has 0 saturated carbocycles. The third-order valence-electron chi connectivity index (χ3n) is 1.47. The molecule has 0 fully saturated rings. The van der Waals surface area contributed by atoms with E-state index in [0.29, 0.717) is 0 Å². The molecule has 0 rings (SSSR count). The highest BCUT2D eigenvalue weighted by atomic mass is 19.4. The van der Waals surface area contributed by atoms with Gasteiger partial charge in [-0.25, -0.2) is 9.59 Å². The number of halogens is 10. The van der Waals surface area contributed by atoms with Crippen molar-refractivity contribution < 1.29 is 63.0 Å². The second kappa shape index (κ2) is 6.00. The van der Waals surface area contributed by atoms with E-state index >= 15 is 0 Å². The van der Waals surface area contributed by atoms with Crippen molar-refractivity contribution in [3.63, 3.8) is 0 Å². The zero-order valence-corrected chi connectivity index (χ0v) is 9.57. The number of hydrogen-bond acceptors (Lipinski definition) is 4. The van der Waals surface area contributed by atoms with Crippen LogP contribution in [0.2, 0.25) is 0 Å². The molecular formula is C8H2F10O4. The molecular weight excluding hydrogens is 350 g/mol. The lowest BCUT2D eigenvalue weighted by atomic mass is 10.5. The Morgan fingerprint density at radius 2 is 0.818 bits per heavy atom. The lowest BCUT2D eigenvalue weighted by Gasteiger charge is -2.18. The van der Waals surface area contributed by atoms with Crippen molar-refractivity contribution in [2.24, 2.45) is 0 Å². The van der Waals surface area contributed by atoms with Crippen LogP contribution in [0.25, 0.3) is 0 Å². The first-order valence-corrected chi connectivity index (χ1v) is 4.53. The zero-order valence-electron chi connectivity index (χ0n) is 9.57. The van der Waals surface area contributed by atoms with Gasteiger partial charge in [0, 0.05) is 12.2 Å². The summed E-state index contributed by atoms with van der Waals surface area (Å²) in [5.74, 6) is -5.09. The Hall–Kier alpha value is -2.02. The van der Waals surface area contributed by atoms with Crippen LogP contribution in [0.5, 0.6) is 0 Å². The van der Waals surface area contributed by atoms with E-state index in [4.69, 9.17) is 0 Å². The van der Waals surface area contributed by atoms with Gasteiger partial charge in [0.05, 0.1) is 0 Å². The maximum Gasteiger partial charge on any atom is 0.501 e. The van der Waals surface area contributed by atoms with E-state index in [1.165, 1.54) is 0 Å². The molecule has 0 aliphatic heterocycles. The van der Waals surface area contributed by atoms with Crippen molar-refractivity contribution in [2.75, 3.05) is 0 Å². The average molecular weight is 352 g/mol. The molecule has 0 heterocycles. The Labute approximate surface area is 113 Å². The van der Waals surface area contributed by atoms with Crippen LogP contribution < -0.4 is 0 Å². The van der Waals surface area contributed by atoms with Crippen LogP contribution in [-0.4, -0.2) is 36.5 Å². The van der Waals surface area contributed by atoms with Crippen molar-refractivity contribution in [2.45, 2.75) is 24.6 Å². The predicted octanol–water partition coefficient (Wildman–Crippen LogP) is 2.94. The van der Waals surface area contributed by atoms with Crippen molar-refractivity contribution in [3.8, 4) is 0 Å². The van der Waals surface area contributed by atoms with Crippen LogP contribution in [-0.2, 0) is 19.1 Å². The Morgan fingerprint density at radius 3 is 1.00 bits per heavy atom. The standard InChI is InChI=1S/C8H2F10O4/c9-5(10,11)7(15,16)21-3(19)1-2-4(20)22-8(17,18)6(12,13)14/h1-2H. The van der Waals surface area contributed by atoms with Crippen LogP contribution in [0.15, 0.2) is 12.2 Å². The van der Waals surface area contributed by atoms with E-state index in [0.717, 1.165) is 0 Å². The largest absolute Gasteiger partial charge is 0.501 e. The van der Waals surface area contributed by atoms with E-state index in [-0.39, 0.29) is 0 Å². The lowest BCUT2D eigenvalue weighted by molar-refractivity contribution is -0.375. The maximum atomic E-state index is 12.1. The molecule has 0 aliphatic rings. The van der Waals surface area contributed by atoms with Crippen molar-refractivity contribution in [1.82, 2.24) is 0 Å². The van der Waals surface area contributed by atoms with Gasteiger partial charge in [0.15, 0.2) is 0 Å². The number of ether oxygens (including phenoxy) is 2.